The number of halogens is 5. The van der Waals surface area contributed by atoms with Crippen LogP contribution in [0.5, 0.6) is 11.5 Å². The molecule has 0 unspecified atom stereocenters. The van der Waals surface area contributed by atoms with Gasteiger partial charge in [-0.3, -0.25) is 0 Å². The summed E-state index contributed by atoms with van der Waals surface area (Å²) in [5, 5.41) is 2.59. The number of carbonyl (C=O) groups excluding carboxylic acids is 2. The minimum Gasteiger partial charge on any atom is -0.466 e. The average molecular weight is 431 g/mol. The summed E-state index contributed by atoms with van der Waals surface area (Å²) in [6.45, 7) is 0. The quantitative estimate of drug-likeness (QED) is 0.415. The Labute approximate surface area is 166 Å². The van der Waals surface area contributed by atoms with Crippen LogP contribution >= 0.6 is 0 Å². The van der Waals surface area contributed by atoms with E-state index >= 15 is 0 Å². The van der Waals surface area contributed by atoms with Crippen molar-refractivity contribution in [2.24, 2.45) is 0 Å². The van der Waals surface area contributed by atoms with Crippen molar-refractivity contribution in [3.8, 4) is 11.5 Å². The lowest BCUT2D eigenvalue weighted by Gasteiger charge is -2.13. The predicted octanol–water partition coefficient (Wildman–Crippen LogP) is 4.42. The van der Waals surface area contributed by atoms with E-state index in [0.29, 0.717) is 0 Å². The number of hydrogen-bond donors (Lipinski definition) is 1. The van der Waals surface area contributed by atoms with Crippen LogP contribution < -0.4 is 10.1 Å². The van der Waals surface area contributed by atoms with Gasteiger partial charge in [0.1, 0.15) is 11.4 Å². The molecule has 2 aromatic rings. The Morgan fingerprint density at radius 1 is 0.967 bits per heavy atom. The second-order valence-corrected chi connectivity index (χ2v) is 5.59. The number of benzene rings is 2. The number of rotatable bonds is 6. The first-order chi connectivity index (χ1) is 14.0. The second-order valence-electron chi connectivity index (χ2n) is 5.59. The van der Waals surface area contributed by atoms with E-state index in [9.17, 15) is 31.5 Å². The average Bonchev–Trinajstić information content (AvgIpc) is 2.69. The predicted molar refractivity (Wildman–Crippen MR) is 93.6 cm³/mol. The molecular weight excluding hydrogens is 417 g/mol. The van der Waals surface area contributed by atoms with Gasteiger partial charge < -0.3 is 19.5 Å². The van der Waals surface area contributed by atoms with Gasteiger partial charge in [-0.25, -0.2) is 18.4 Å². The Kier molecular flexibility index (Phi) is 6.98. The third-order valence-corrected chi connectivity index (χ3v) is 3.55. The molecule has 0 radical (unpaired) electrons. The van der Waals surface area contributed by atoms with Crippen molar-refractivity contribution in [3.05, 3.63) is 65.4 Å². The molecule has 2 aromatic carbocycles. The monoisotopic (exact) mass is 431 g/mol. The highest BCUT2D eigenvalue weighted by Gasteiger charge is 2.33. The van der Waals surface area contributed by atoms with Crippen molar-refractivity contribution in [1.29, 1.82) is 0 Å². The van der Waals surface area contributed by atoms with Gasteiger partial charge in [-0.05, 0) is 36.4 Å². The summed E-state index contributed by atoms with van der Waals surface area (Å²) in [5.41, 5.74) is -1.48. The SMILES string of the molecule is COC(=O)/C=C(/Nc1ccc(Oc2c(F)cc(C(F)(F)F)cc2F)cc1)C(=O)OC. The van der Waals surface area contributed by atoms with E-state index in [1.165, 1.54) is 24.3 Å². The molecular formula is C19H14F5NO5. The number of ether oxygens (including phenoxy) is 3. The van der Waals surface area contributed by atoms with Gasteiger partial charge in [-0.2, -0.15) is 13.2 Å². The first-order valence-electron chi connectivity index (χ1n) is 8.04. The molecule has 0 atom stereocenters. The van der Waals surface area contributed by atoms with Crippen LogP contribution in [0.1, 0.15) is 5.56 Å². The molecule has 160 valence electrons. The van der Waals surface area contributed by atoms with Gasteiger partial charge in [0, 0.05) is 5.69 Å². The maximum Gasteiger partial charge on any atom is 0.416 e. The van der Waals surface area contributed by atoms with Crippen molar-refractivity contribution in [2.45, 2.75) is 6.18 Å². The van der Waals surface area contributed by atoms with Gasteiger partial charge in [-0.1, -0.05) is 0 Å². The molecule has 0 aromatic heterocycles. The topological polar surface area (TPSA) is 73.9 Å². The first kappa shape index (κ1) is 22.7. The molecule has 11 heteroatoms. The molecule has 0 saturated carbocycles. The zero-order chi connectivity index (χ0) is 22.5. The first-order valence-corrected chi connectivity index (χ1v) is 8.04. The van der Waals surface area contributed by atoms with Crippen molar-refractivity contribution in [3.63, 3.8) is 0 Å². The number of methoxy groups -OCH3 is 2. The molecule has 0 spiro atoms. The molecule has 0 amide bonds. The Balaban J connectivity index is 2.21. The van der Waals surface area contributed by atoms with Gasteiger partial charge in [0.2, 0.25) is 0 Å². The lowest BCUT2D eigenvalue weighted by atomic mass is 10.2. The van der Waals surface area contributed by atoms with E-state index in [1.807, 2.05) is 0 Å². The van der Waals surface area contributed by atoms with Crippen molar-refractivity contribution >= 4 is 17.6 Å². The molecule has 30 heavy (non-hydrogen) atoms. The molecule has 0 aliphatic carbocycles. The van der Waals surface area contributed by atoms with Crippen molar-refractivity contribution in [1.82, 2.24) is 0 Å². The van der Waals surface area contributed by atoms with Crippen LogP contribution in [-0.4, -0.2) is 26.2 Å². The lowest BCUT2D eigenvalue weighted by molar-refractivity contribution is -0.138. The summed E-state index contributed by atoms with van der Waals surface area (Å²) < 4.78 is 79.5. The fraction of sp³-hybridized carbons (Fsp3) is 0.158. The minimum atomic E-state index is -4.91. The molecule has 1 N–H and O–H groups in total. The van der Waals surface area contributed by atoms with Crippen LogP contribution in [0.2, 0.25) is 0 Å². The van der Waals surface area contributed by atoms with Crippen LogP contribution in [0.15, 0.2) is 48.2 Å². The Hall–Kier alpha value is -3.63. The molecule has 2 rings (SSSR count). The van der Waals surface area contributed by atoms with Crippen LogP contribution in [0.25, 0.3) is 0 Å². The summed E-state index contributed by atoms with van der Waals surface area (Å²) >= 11 is 0. The summed E-state index contributed by atoms with van der Waals surface area (Å²) in [4.78, 5) is 23.0. The molecule has 0 aliphatic heterocycles. The van der Waals surface area contributed by atoms with Gasteiger partial charge in [-0.15, -0.1) is 0 Å². The van der Waals surface area contributed by atoms with Gasteiger partial charge in [0.15, 0.2) is 17.4 Å². The van der Waals surface area contributed by atoms with E-state index in [1.54, 1.807) is 0 Å². The number of nitrogens with one attached hydrogen (secondary N) is 1. The maximum absolute atomic E-state index is 13.9. The summed E-state index contributed by atoms with van der Waals surface area (Å²) in [7, 11) is 2.21. The highest BCUT2D eigenvalue weighted by Crippen LogP contribution is 2.35. The molecule has 0 bridgehead atoms. The summed E-state index contributed by atoms with van der Waals surface area (Å²) in [5.74, 6) is -5.86. The number of carbonyl (C=O) groups is 2. The third kappa shape index (κ3) is 5.69. The Morgan fingerprint density at radius 3 is 2.00 bits per heavy atom. The van der Waals surface area contributed by atoms with Crippen LogP contribution in [0.4, 0.5) is 27.6 Å². The molecule has 6 nitrogen and oxygen atoms in total. The third-order valence-electron chi connectivity index (χ3n) is 3.55. The normalized spacial score (nSPS) is 11.6. The molecule has 0 saturated heterocycles. The van der Waals surface area contributed by atoms with Crippen LogP contribution in [-0.2, 0) is 25.2 Å². The van der Waals surface area contributed by atoms with E-state index < -0.39 is 41.1 Å². The Bertz CT molecular complexity index is 947. The fourth-order valence-electron chi connectivity index (χ4n) is 2.13. The summed E-state index contributed by atoms with van der Waals surface area (Å²) in [6.07, 6.45) is -4.06. The van der Waals surface area contributed by atoms with Crippen molar-refractivity contribution in [2.75, 3.05) is 19.5 Å². The number of hydrogen-bond acceptors (Lipinski definition) is 6. The van der Waals surface area contributed by atoms with E-state index in [4.69, 9.17) is 4.74 Å². The highest BCUT2D eigenvalue weighted by atomic mass is 19.4. The zero-order valence-electron chi connectivity index (χ0n) is 15.5. The second kappa shape index (κ2) is 9.25. The molecule has 0 aliphatic rings. The van der Waals surface area contributed by atoms with Gasteiger partial charge >= 0.3 is 18.1 Å². The van der Waals surface area contributed by atoms with Crippen molar-refractivity contribution < 1.29 is 45.8 Å². The molecule has 0 heterocycles. The van der Waals surface area contributed by atoms with E-state index in [-0.39, 0.29) is 29.3 Å². The number of esters is 2. The van der Waals surface area contributed by atoms with Crippen LogP contribution in [0, 0.1) is 11.6 Å². The number of alkyl halides is 3. The van der Waals surface area contributed by atoms with Gasteiger partial charge in [0.25, 0.3) is 0 Å². The standard InChI is InChI=1S/C19H14F5NO5/c1-28-16(26)9-15(18(27)29-2)25-11-3-5-12(6-4-11)30-17-13(20)7-10(8-14(17)21)19(22,23)24/h3-9,25H,1-2H3/b15-9+. The largest absolute Gasteiger partial charge is 0.466 e. The number of anilines is 1. The summed E-state index contributed by atoms with van der Waals surface area (Å²) in [6, 6.07) is 5.34. The lowest BCUT2D eigenvalue weighted by Crippen LogP contribution is -2.15. The van der Waals surface area contributed by atoms with Crippen LogP contribution in [0.3, 0.4) is 0 Å². The van der Waals surface area contributed by atoms with Gasteiger partial charge in [0.05, 0.1) is 25.9 Å². The van der Waals surface area contributed by atoms with E-state index in [0.717, 1.165) is 20.3 Å². The zero-order valence-corrected chi connectivity index (χ0v) is 15.5. The van der Waals surface area contributed by atoms with E-state index in [2.05, 4.69) is 14.8 Å². The highest BCUT2D eigenvalue weighted by molar-refractivity contribution is 5.98. The fourth-order valence-corrected chi connectivity index (χ4v) is 2.13. The minimum absolute atomic E-state index is 0.102. The Morgan fingerprint density at radius 2 is 1.53 bits per heavy atom. The maximum atomic E-state index is 13.9. The molecule has 0 fully saturated rings. The smallest absolute Gasteiger partial charge is 0.416 e.